The predicted octanol–water partition coefficient (Wildman–Crippen LogP) is 1.61. The molecule has 0 aliphatic heterocycles. The van der Waals surface area contributed by atoms with Gasteiger partial charge in [0.25, 0.3) is 0 Å². The average Bonchev–Trinajstić information content (AvgIpc) is 2.83. The van der Waals surface area contributed by atoms with E-state index in [1.54, 1.807) is 0 Å². The van der Waals surface area contributed by atoms with Gasteiger partial charge in [-0.2, -0.15) is 0 Å². The van der Waals surface area contributed by atoms with Gasteiger partial charge < -0.3 is 10.4 Å². The van der Waals surface area contributed by atoms with Crippen LogP contribution in [-0.2, 0) is 24.1 Å². The molecule has 0 bridgehead atoms. The van der Waals surface area contributed by atoms with Crippen LogP contribution in [0.2, 0.25) is 0 Å². The minimum atomic E-state index is 0.0326. The molecular weight excluding hydrogens is 226 g/mol. The summed E-state index contributed by atoms with van der Waals surface area (Å²) in [4.78, 5) is 11.4. The Labute approximate surface area is 108 Å². The third-order valence-corrected chi connectivity index (χ3v) is 3.46. The second-order valence-electron chi connectivity index (χ2n) is 4.88. The maximum Gasteiger partial charge on any atom is 0.220 e. The minimum Gasteiger partial charge on any atom is -0.396 e. The van der Waals surface area contributed by atoms with Crippen molar-refractivity contribution >= 4 is 5.91 Å². The number of nitrogens with one attached hydrogen (secondary N) is 1. The van der Waals surface area contributed by atoms with E-state index < -0.39 is 0 Å². The standard InChI is InChI=1S/C15H21NO2/c17-10-2-5-15(18)16-9-8-12-6-7-13-3-1-4-14(13)11-12/h6-7,11,17H,1-5,8-10H2,(H,16,18). The maximum absolute atomic E-state index is 11.4. The smallest absolute Gasteiger partial charge is 0.220 e. The Balaban J connectivity index is 1.75. The van der Waals surface area contributed by atoms with Gasteiger partial charge in [0.15, 0.2) is 0 Å². The lowest BCUT2D eigenvalue weighted by Gasteiger charge is -2.07. The van der Waals surface area contributed by atoms with Gasteiger partial charge in [0.05, 0.1) is 0 Å². The summed E-state index contributed by atoms with van der Waals surface area (Å²) in [6.45, 7) is 0.765. The highest BCUT2D eigenvalue weighted by atomic mass is 16.3. The van der Waals surface area contributed by atoms with Gasteiger partial charge in [-0.15, -0.1) is 0 Å². The summed E-state index contributed by atoms with van der Waals surface area (Å²) in [6, 6.07) is 6.68. The van der Waals surface area contributed by atoms with E-state index in [2.05, 4.69) is 23.5 Å². The largest absolute Gasteiger partial charge is 0.396 e. The molecular formula is C15H21NO2. The summed E-state index contributed by atoms with van der Waals surface area (Å²) in [6.07, 6.45) is 5.54. The molecule has 0 aromatic heterocycles. The van der Waals surface area contributed by atoms with Crippen LogP contribution in [0.4, 0.5) is 0 Å². The first-order chi connectivity index (χ1) is 8.79. The van der Waals surface area contributed by atoms with Gasteiger partial charge in [0.1, 0.15) is 0 Å². The number of carbonyl (C=O) groups excluding carboxylic acids is 1. The number of amides is 1. The Bertz CT molecular complexity index is 415. The first kappa shape index (κ1) is 13.1. The van der Waals surface area contributed by atoms with Crippen LogP contribution in [0, 0.1) is 0 Å². The molecule has 1 aromatic rings. The van der Waals surface area contributed by atoms with E-state index in [4.69, 9.17) is 5.11 Å². The average molecular weight is 247 g/mol. The van der Waals surface area contributed by atoms with Crippen LogP contribution < -0.4 is 5.32 Å². The number of benzene rings is 1. The van der Waals surface area contributed by atoms with Crippen molar-refractivity contribution in [2.75, 3.05) is 13.2 Å². The number of hydrogen-bond acceptors (Lipinski definition) is 2. The Hall–Kier alpha value is -1.35. The lowest BCUT2D eigenvalue weighted by Crippen LogP contribution is -2.25. The second-order valence-corrected chi connectivity index (χ2v) is 4.88. The van der Waals surface area contributed by atoms with Crippen LogP contribution in [0.15, 0.2) is 18.2 Å². The van der Waals surface area contributed by atoms with Crippen LogP contribution in [0.3, 0.4) is 0 Å². The third kappa shape index (κ3) is 3.57. The van der Waals surface area contributed by atoms with Crippen molar-refractivity contribution in [3.05, 3.63) is 34.9 Å². The van der Waals surface area contributed by atoms with Gasteiger partial charge in [-0.25, -0.2) is 0 Å². The molecule has 2 rings (SSSR count). The zero-order valence-corrected chi connectivity index (χ0v) is 10.7. The van der Waals surface area contributed by atoms with Crippen LogP contribution in [0.25, 0.3) is 0 Å². The Kier molecular flexibility index (Phi) is 4.76. The molecule has 0 heterocycles. The van der Waals surface area contributed by atoms with Crippen molar-refractivity contribution < 1.29 is 9.90 Å². The van der Waals surface area contributed by atoms with Gasteiger partial charge in [0.2, 0.25) is 5.91 Å². The van der Waals surface area contributed by atoms with Crippen LogP contribution in [-0.4, -0.2) is 24.2 Å². The fourth-order valence-corrected chi connectivity index (χ4v) is 2.45. The number of aliphatic hydroxyl groups excluding tert-OH is 1. The molecule has 18 heavy (non-hydrogen) atoms. The van der Waals surface area contributed by atoms with Crippen LogP contribution in [0.5, 0.6) is 0 Å². The van der Waals surface area contributed by atoms with E-state index in [0.717, 1.165) is 6.42 Å². The zero-order chi connectivity index (χ0) is 12.8. The molecule has 1 aliphatic carbocycles. The molecule has 1 aliphatic rings. The monoisotopic (exact) mass is 247 g/mol. The Morgan fingerprint density at radius 2 is 2.11 bits per heavy atom. The summed E-state index contributed by atoms with van der Waals surface area (Å²) < 4.78 is 0. The number of aryl methyl sites for hydroxylation is 2. The van der Waals surface area contributed by atoms with E-state index in [0.29, 0.717) is 19.4 Å². The summed E-state index contributed by atoms with van der Waals surface area (Å²) in [5.74, 6) is 0.0326. The fourth-order valence-electron chi connectivity index (χ4n) is 2.45. The SMILES string of the molecule is O=C(CCCO)NCCc1ccc2c(c1)CCC2. The quantitative estimate of drug-likeness (QED) is 0.802. The zero-order valence-electron chi connectivity index (χ0n) is 10.7. The highest BCUT2D eigenvalue weighted by Gasteiger charge is 2.10. The summed E-state index contributed by atoms with van der Waals surface area (Å²) in [5.41, 5.74) is 4.28. The first-order valence-corrected chi connectivity index (χ1v) is 6.78. The van der Waals surface area contributed by atoms with Crippen LogP contribution >= 0.6 is 0 Å². The molecule has 3 heteroatoms. The Morgan fingerprint density at radius 3 is 2.94 bits per heavy atom. The molecule has 0 radical (unpaired) electrons. The lowest BCUT2D eigenvalue weighted by molar-refractivity contribution is -0.121. The molecule has 0 unspecified atom stereocenters. The molecule has 0 spiro atoms. The number of aliphatic hydroxyl groups is 1. The molecule has 0 fully saturated rings. The van der Waals surface area contributed by atoms with Crippen molar-refractivity contribution in [2.45, 2.75) is 38.5 Å². The van der Waals surface area contributed by atoms with Gasteiger partial charge in [0, 0.05) is 19.6 Å². The highest BCUT2D eigenvalue weighted by Crippen LogP contribution is 2.22. The van der Waals surface area contributed by atoms with Crippen molar-refractivity contribution in [1.82, 2.24) is 5.32 Å². The van der Waals surface area contributed by atoms with Gasteiger partial charge in [-0.05, 0) is 48.8 Å². The summed E-state index contributed by atoms with van der Waals surface area (Å²) >= 11 is 0. The van der Waals surface area contributed by atoms with Crippen molar-refractivity contribution in [3.8, 4) is 0 Å². The minimum absolute atomic E-state index is 0.0326. The van der Waals surface area contributed by atoms with Gasteiger partial charge >= 0.3 is 0 Å². The number of rotatable bonds is 6. The van der Waals surface area contributed by atoms with Crippen molar-refractivity contribution in [2.24, 2.45) is 0 Å². The molecule has 1 amide bonds. The number of hydrogen-bond donors (Lipinski definition) is 2. The van der Waals surface area contributed by atoms with E-state index in [1.807, 2.05) is 0 Å². The topological polar surface area (TPSA) is 49.3 Å². The van der Waals surface area contributed by atoms with Crippen molar-refractivity contribution in [1.29, 1.82) is 0 Å². The van der Waals surface area contributed by atoms with E-state index in [1.165, 1.54) is 36.0 Å². The molecule has 0 saturated heterocycles. The number of fused-ring (bicyclic) bond motifs is 1. The highest BCUT2D eigenvalue weighted by molar-refractivity contribution is 5.75. The molecule has 0 atom stereocenters. The molecule has 0 saturated carbocycles. The Morgan fingerprint density at radius 1 is 1.28 bits per heavy atom. The lowest BCUT2D eigenvalue weighted by atomic mass is 10.0. The predicted molar refractivity (Wildman–Crippen MR) is 71.5 cm³/mol. The van der Waals surface area contributed by atoms with E-state index in [9.17, 15) is 4.79 Å². The molecule has 2 N–H and O–H groups in total. The molecule has 98 valence electrons. The summed E-state index contributed by atoms with van der Waals surface area (Å²) in [5, 5.41) is 11.5. The van der Waals surface area contributed by atoms with E-state index in [-0.39, 0.29) is 12.5 Å². The normalized spacial score (nSPS) is 13.4. The summed E-state index contributed by atoms with van der Waals surface area (Å²) in [7, 11) is 0. The maximum atomic E-state index is 11.4. The molecule has 3 nitrogen and oxygen atoms in total. The molecule has 1 aromatic carbocycles. The third-order valence-electron chi connectivity index (χ3n) is 3.46. The number of carbonyl (C=O) groups is 1. The van der Waals surface area contributed by atoms with E-state index >= 15 is 0 Å². The van der Waals surface area contributed by atoms with Crippen molar-refractivity contribution in [3.63, 3.8) is 0 Å². The van der Waals surface area contributed by atoms with Gasteiger partial charge in [-0.1, -0.05) is 18.2 Å². The second kappa shape index (κ2) is 6.55. The van der Waals surface area contributed by atoms with Crippen LogP contribution in [0.1, 0.15) is 36.0 Å². The first-order valence-electron chi connectivity index (χ1n) is 6.78. The fraction of sp³-hybridized carbons (Fsp3) is 0.533. The van der Waals surface area contributed by atoms with Gasteiger partial charge in [-0.3, -0.25) is 4.79 Å².